The van der Waals surface area contributed by atoms with Crippen LogP contribution in [0, 0.1) is 11.3 Å². The van der Waals surface area contributed by atoms with Gasteiger partial charge in [0.1, 0.15) is 0 Å². The zero-order valence-corrected chi connectivity index (χ0v) is 16.9. The molecule has 1 saturated heterocycles. The lowest BCUT2D eigenvalue weighted by molar-refractivity contribution is -0.128. The SMILES string of the molecule is O=C(NCCc1cccnc1)[C@@H]1CN(C(=O)c2cccs2)CC12CCCCC2. The summed E-state index contributed by atoms with van der Waals surface area (Å²) >= 11 is 1.48. The van der Waals surface area contributed by atoms with Crippen LogP contribution in [0.15, 0.2) is 42.0 Å². The Morgan fingerprint density at radius 2 is 2.07 bits per heavy atom. The van der Waals surface area contributed by atoms with Crippen molar-refractivity contribution in [1.82, 2.24) is 15.2 Å². The zero-order chi connectivity index (χ0) is 19.4. The van der Waals surface area contributed by atoms with Crippen LogP contribution in [-0.2, 0) is 11.2 Å². The average molecular weight is 398 g/mol. The fourth-order valence-corrected chi connectivity index (χ4v) is 5.49. The Balaban J connectivity index is 1.43. The maximum atomic E-state index is 13.1. The van der Waals surface area contributed by atoms with Crippen LogP contribution in [0.25, 0.3) is 0 Å². The highest BCUT2D eigenvalue weighted by Crippen LogP contribution is 2.48. The van der Waals surface area contributed by atoms with Crippen LogP contribution in [0.3, 0.4) is 0 Å². The Labute approximate surface area is 170 Å². The maximum absolute atomic E-state index is 13.1. The second kappa shape index (κ2) is 8.43. The molecule has 148 valence electrons. The number of nitrogens with one attached hydrogen (secondary N) is 1. The largest absolute Gasteiger partial charge is 0.355 e. The van der Waals surface area contributed by atoms with Crippen molar-refractivity contribution in [2.45, 2.75) is 38.5 Å². The Kier molecular flexibility index (Phi) is 5.76. The fraction of sp³-hybridized carbons (Fsp3) is 0.500. The number of aromatic nitrogens is 1. The van der Waals surface area contributed by atoms with E-state index in [1.54, 1.807) is 6.20 Å². The molecule has 4 rings (SSSR count). The van der Waals surface area contributed by atoms with Crippen LogP contribution < -0.4 is 5.32 Å². The molecule has 1 atom stereocenters. The molecule has 0 radical (unpaired) electrons. The van der Waals surface area contributed by atoms with Gasteiger partial charge >= 0.3 is 0 Å². The number of hydrogen-bond acceptors (Lipinski definition) is 4. The third-order valence-corrected chi connectivity index (χ3v) is 7.13. The molecular weight excluding hydrogens is 370 g/mol. The van der Waals surface area contributed by atoms with E-state index in [9.17, 15) is 9.59 Å². The minimum absolute atomic E-state index is 0.0520. The van der Waals surface area contributed by atoms with Crippen LogP contribution in [0.5, 0.6) is 0 Å². The molecule has 1 saturated carbocycles. The number of amides is 2. The van der Waals surface area contributed by atoms with Gasteiger partial charge in [-0.3, -0.25) is 14.6 Å². The number of thiophene rings is 1. The topological polar surface area (TPSA) is 62.3 Å². The number of likely N-dealkylation sites (tertiary alicyclic amines) is 1. The predicted octanol–water partition coefficient (Wildman–Crippen LogP) is 3.52. The molecule has 0 aromatic carbocycles. The van der Waals surface area contributed by atoms with Crippen molar-refractivity contribution in [3.63, 3.8) is 0 Å². The Hall–Kier alpha value is -2.21. The maximum Gasteiger partial charge on any atom is 0.263 e. The Morgan fingerprint density at radius 3 is 2.79 bits per heavy atom. The number of rotatable bonds is 5. The molecule has 2 aromatic rings. The third kappa shape index (κ3) is 3.97. The summed E-state index contributed by atoms with van der Waals surface area (Å²) in [4.78, 5) is 32.8. The Bertz CT molecular complexity index is 800. The molecule has 1 spiro atoms. The summed E-state index contributed by atoms with van der Waals surface area (Å²) in [6, 6.07) is 7.73. The Morgan fingerprint density at radius 1 is 1.21 bits per heavy atom. The summed E-state index contributed by atoms with van der Waals surface area (Å²) in [7, 11) is 0. The lowest BCUT2D eigenvalue weighted by Crippen LogP contribution is -2.43. The van der Waals surface area contributed by atoms with E-state index in [0.717, 1.165) is 42.5 Å². The first-order valence-corrected chi connectivity index (χ1v) is 11.1. The van der Waals surface area contributed by atoms with Gasteiger partial charge in [0.15, 0.2) is 0 Å². The second-order valence-corrected chi connectivity index (χ2v) is 8.99. The molecule has 0 bridgehead atoms. The predicted molar refractivity (Wildman–Crippen MR) is 110 cm³/mol. The molecule has 28 heavy (non-hydrogen) atoms. The van der Waals surface area contributed by atoms with E-state index in [-0.39, 0.29) is 23.1 Å². The highest BCUT2D eigenvalue weighted by Gasteiger charge is 2.51. The molecule has 2 aromatic heterocycles. The van der Waals surface area contributed by atoms with Gasteiger partial charge in [0.2, 0.25) is 5.91 Å². The summed E-state index contributed by atoms with van der Waals surface area (Å²) in [6.07, 6.45) is 10.00. The molecule has 5 nitrogen and oxygen atoms in total. The standard InChI is InChI=1S/C22H27N3O2S/c26-20(24-12-8-17-6-4-11-23-14-17)18-15-25(21(27)19-7-5-13-28-19)16-22(18)9-2-1-3-10-22/h4-7,11,13-14,18H,1-3,8-10,12,15-16H2,(H,24,26)/t18-/m0/s1. The summed E-state index contributed by atoms with van der Waals surface area (Å²) in [5.41, 5.74) is 1.07. The van der Waals surface area contributed by atoms with Crippen LogP contribution in [0.1, 0.15) is 47.3 Å². The van der Waals surface area contributed by atoms with E-state index in [1.165, 1.54) is 17.8 Å². The average Bonchev–Trinajstić information content (AvgIpc) is 3.38. The summed E-state index contributed by atoms with van der Waals surface area (Å²) in [5.74, 6) is 0.0727. The van der Waals surface area contributed by atoms with E-state index >= 15 is 0 Å². The van der Waals surface area contributed by atoms with Crippen LogP contribution in [-0.4, -0.2) is 41.3 Å². The van der Waals surface area contributed by atoms with Crippen molar-refractivity contribution < 1.29 is 9.59 Å². The summed E-state index contributed by atoms with van der Waals surface area (Å²) in [5, 5.41) is 5.07. The van der Waals surface area contributed by atoms with Gasteiger partial charge in [-0.05, 0) is 42.3 Å². The third-order valence-electron chi connectivity index (χ3n) is 6.27. The number of carbonyl (C=O) groups is 2. The highest BCUT2D eigenvalue weighted by molar-refractivity contribution is 7.12. The molecule has 6 heteroatoms. The van der Waals surface area contributed by atoms with E-state index < -0.39 is 0 Å². The first-order valence-electron chi connectivity index (χ1n) is 10.2. The normalized spacial score (nSPS) is 21.0. The van der Waals surface area contributed by atoms with Gasteiger partial charge in [0, 0.05) is 37.4 Å². The number of hydrogen-bond donors (Lipinski definition) is 1. The van der Waals surface area contributed by atoms with Crippen LogP contribution in [0.4, 0.5) is 0 Å². The molecule has 3 heterocycles. The minimum atomic E-state index is -0.106. The van der Waals surface area contributed by atoms with Gasteiger partial charge < -0.3 is 10.2 Å². The van der Waals surface area contributed by atoms with Crippen LogP contribution in [0.2, 0.25) is 0 Å². The van der Waals surface area contributed by atoms with Crippen molar-refractivity contribution in [2.24, 2.45) is 11.3 Å². The van der Waals surface area contributed by atoms with Crippen molar-refractivity contribution in [1.29, 1.82) is 0 Å². The summed E-state index contributed by atoms with van der Waals surface area (Å²) < 4.78 is 0. The lowest BCUT2D eigenvalue weighted by Gasteiger charge is -2.37. The molecule has 2 aliphatic rings. The highest BCUT2D eigenvalue weighted by atomic mass is 32.1. The first kappa shape index (κ1) is 19.1. The van der Waals surface area contributed by atoms with Gasteiger partial charge in [-0.2, -0.15) is 0 Å². The van der Waals surface area contributed by atoms with Gasteiger partial charge in [-0.15, -0.1) is 11.3 Å². The molecule has 2 fully saturated rings. The molecule has 2 amide bonds. The molecule has 1 aliphatic heterocycles. The molecule has 0 unspecified atom stereocenters. The van der Waals surface area contributed by atoms with E-state index in [2.05, 4.69) is 10.3 Å². The van der Waals surface area contributed by atoms with Gasteiger partial charge in [-0.25, -0.2) is 0 Å². The first-order chi connectivity index (χ1) is 13.7. The quantitative estimate of drug-likeness (QED) is 0.840. The molecular formula is C22H27N3O2S. The lowest BCUT2D eigenvalue weighted by atomic mass is 9.67. The summed E-state index contributed by atoms with van der Waals surface area (Å²) in [6.45, 7) is 1.86. The fourth-order valence-electron chi connectivity index (χ4n) is 4.80. The monoisotopic (exact) mass is 397 g/mol. The van der Waals surface area contributed by atoms with Crippen molar-refractivity contribution in [2.75, 3.05) is 19.6 Å². The zero-order valence-electron chi connectivity index (χ0n) is 16.1. The van der Waals surface area contributed by atoms with Gasteiger partial charge in [0.05, 0.1) is 10.8 Å². The smallest absolute Gasteiger partial charge is 0.263 e. The van der Waals surface area contributed by atoms with Gasteiger partial charge in [0.25, 0.3) is 5.91 Å². The van der Waals surface area contributed by atoms with Crippen molar-refractivity contribution in [3.05, 3.63) is 52.5 Å². The van der Waals surface area contributed by atoms with Crippen molar-refractivity contribution >= 4 is 23.2 Å². The van der Waals surface area contributed by atoms with Crippen LogP contribution >= 0.6 is 11.3 Å². The number of nitrogens with zero attached hydrogens (tertiary/aromatic N) is 2. The minimum Gasteiger partial charge on any atom is -0.355 e. The molecule has 1 aliphatic carbocycles. The van der Waals surface area contributed by atoms with E-state index in [0.29, 0.717) is 19.6 Å². The number of pyridine rings is 1. The van der Waals surface area contributed by atoms with E-state index in [4.69, 9.17) is 0 Å². The molecule has 1 N–H and O–H groups in total. The van der Waals surface area contributed by atoms with E-state index in [1.807, 2.05) is 40.7 Å². The second-order valence-electron chi connectivity index (χ2n) is 8.04. The van der Waals surface area contributed by atoms with Gasteiger partial charge in [-0.1, -0.05) is 31.4 Å². The van der Waals surface area contributed by atoms with Crippen molar-refractivity contribution in [3.8, 4) is 0 Å². The number of carbonyl (C=O) groups excluding carboxylic acids is 2.